The highest BCUT2D eigenvalue weighted by atomic mass is 32.2. The van der Waals surface area contributed by atoms with Crippen LogP contribution in [-0.4, -0.2) is 29.8 Å². The number of hydrogen-bond donors (Lipinski definition) is 1. The zero-order valence-electron chi connectivity index (χ0n) is 10.1. The van der Waals surface area contributed by atoms with E-state index in [2.05, 4.69) is 18.8 Å². The smallest absolute Gasteiger partial charge is 0.119 e. The molecule has 0 aliphatic rings. The highest BCUT2D eigenvalue weighted by Gasteiger charge is 1.94. The van der Waals surface area contributed by atoms with Crippen LogP contribution in [0.2, 0.25) is 0 Å². The lowest BCUT2D eigenvalue weighted by Crippen LogP contribution is -2.00. The molecule has 0 aliphatic carbocycles. The van der Waals surface area contributed by atoms with Gasteiger partial charge in [-0.3, -0.25) is 0 Å². The molecule has 0 fully saturated rings. The minimum absolute atomic E-state index is 0.104. The van der Waals surface area contributed by atoms with Gasteiger partial charge in [-0.15, -0.1) is 0 Å². The van der Waals surface area contributed by atoms with Crippen LogP contribution in [0.15, 0.2) is 24.3 Å². The lowest BCUT2D eigenvalue weighted by molar-refractivity contribution is 0.344. The monoisotopic (exact) mass is 250 g/mol. The Bertz CT molecular complexity index is 362. The molecule has 0 aliphatic heterocycles. The van der Waals surface area contributed by atoms with Gasteiger partial charge in [0, 0.05) is 11.3 Å². The summed E-state index contributed by atoms with van der Waals surface area (Å²) in [6.45, 7) is 2.82. The second kappa shape index (κ2) is 8.98. The zero-order chi connectivity index (χ0) is 12.3. The quantitative estimate of drug-likeness (QED) is 0.621. The standard InChI is InChI=1S/C14H18O2S/c1-2-11-17-12-10-16-14-7-5-13(6-8-14)4-3-9-15/h5-8,15H,2,9-12H2,1H3. The van der Waals surface area contributed by atoms with Gasteiger partial charge in [-0.25, -0.2) is 0 Å². The molecule has 0 saturated carbocycles. The van der Waals surface area contributed by atoms with Gasteiger partial charge in [-0.1, -0.05) is 18.8 Å². The molecule has 1 aromatic rings. The number of benzene rings is 1. The molecule has 0 unspecified atom stereocenters. The molecule has 92 valence electrons. The van der Waals surface area contributed by atoms with Crippen LogP contribution in [-0.2, 0) is 0 Å². The first-order valence-corrected chi connectivity index (χ1v) is 6.92. The van der Waals surface area contributed by atoms with Crippen molar-refractivity contribution in [3.63, 3.8) is 0 Å². The molecule has 0 bridgehead atoms. The van der Waals surface area contributed by atoms with Gasteiger partial charge in [-0.2, -0.15) is 11.8 Å². The summed E-state index contributed by atoms with van der Waals surface area (Å²) in [5, 5.41) is 8.57. The van der Waals surface area contributed by atoms with Crippen molar-refractivity contribution in [1.82, 2.24) is 0 Å². The molecule has 0 saturated heterocycles. The van der Waals surface area contributed by atoms with Gasteiger partial charge in [0.2, 0.25) is 0 Å². The Balaban J connectivity index is 2.30. The maximum Gasteiger partial charge on any atom is 0.119 e. The first-order chi connectivity index (χ1) is 8.36. The van der Waals surface area contributed by atoms with E-state index in [4.69, 9.17) is 9.84 Å². The third kappa shape index (κ3) is 6.25. The number of aliphatic hydroxyl groups excluding tert-OH is 1. The molecule has 0 aromatic heterocycles. The van der Waals surface area contributed by atoms with Gasteiger partial charge < -0.3 is 9.84 Å². The lowest BCUT2D eigenvalue weighted by atomic mass is 10.2. The predicted molar refractivity (Wildman–Crippen MR) is 73.5 cm³/mol. The third-order valence-electron chi connectivity index (χ3n) is 2.01. The SMILES string of the molecule is CCCSCCOc1ccc(C#CCO)cc1. The van der Waals surface area contributed by atoms with E-state index in [1.807, 2.05) is 36.0 Å². The van der Waals surface area contributed by atoms with Crippen molar-refractivity contribution in [2.45, 2.75) is 13.3 Å². The fraction of sp³-hybridized carbons (Fsp3) is 0.429. The summed E-state index contributed by atoms with van der Waals surface area (Å²) in [7, 11) is 0. The van der Waals surface area contributed by atoms with E-state index < -0.39 is 0 Å². The maximum absolute atomic E-state index is 8.57. The van der Waals surface area contributed by atoms with Crippen LogP contribution in [0, 0.1) is 11.8 Å². The third-order valence-corrected chi connectivity index (χ3v) is 3.16. The van der Waals surface area contributed by atoms with Crippen molar-refractivity contribution < 1.29 is 9.84 Å². The van der Waals surface area contributed by atoms with Gasteiger partial charge in [-0.05, 0) is 36.4 Å². The number of hydrogen-bond acceptors (Lipinski definition) is 3. The van der Waals surface area contributed by atoms with Crippen LogP contribution in [0.25, 0.3) is 0 Å². The minimum atomic E-state index is -0.104. The fourth-order valence-electron chi connectivity index (χ4n) is 1.24. The number of ether oxygens (including phenoxy) is 1. The van der Waals surface area contributed by atoms with E-state index in [1.165, 1.54) is 12.2 Å². The van der Waals surface area contributed by atoms with E-state index in [-0.39, 0.29) is 6.61 Å². The summed E-state index contributed by atoms with van der Waals surface area (Å²) in [6.07, 6.45) is 1.21. The highest BCUT2D eigenvalue weighted by Crippen LogP contribution is 2.12. The van der Waals surface area contributed by atoms with Crippen LogP contribution < -0.4 is 4.74 Å². The Morgan fingerprint density at radius 1 is 1.24 bits per heavy atom. The van der Waals surface area contributed by atoms with Crippen molar-refractivity contribution in [2.75, 3.05) is 24.7 Å². The molecule has 0 atom stereocenters. The molecular weight excluding hydrogens is 232 g/mol. The average Bonchev–Trinajstić information content (AvgIpc) is 2.37. The topological polar surface area (TPSA) is 29.5 Å². The molecule has 2 nitrogen and oxygen atoms in total. The summed E-state index contributed by atoms with van der Waals surface area (Å²) < 4.78 is 5.59. The van der Waals surface area contributed by atoms with Crippen molar-refractivity contribution in [1.29, 1.82) is 0 Å². The Morgan fingerprint density at radius 3 is 2.65 bits per heavy atom. The molecule has 1 aromatic carbocycles. The summed E-state index contributed by atoms with van der Waals surface area (Å²) >= 11 is 1.91. The predicted octanol–water partition coefficient (Wildman–Crippen LogP) is 2.55. The van der Waals surface area contributed by atoms with Gasteiger partial charge >= 0.3 is 0 Å². The van der Waals surface area contributed by atoms with Gasteiger partial charge in [0.25, 0.3) is 0 Å². The summed E-state index contributed by atoms with van der Waals surface area (Å²) in [5.74, 6) is 8.55. The second-order valence-electron chi connectivity index (χ2n) is 3.45. The van der Waals surface area contributed by atoms with E-state index in [0.29, 0.717) is 0 Å². The van der Waals surface area contributed by atoms with Gasteiger partial charge in [0.05, 0.1) is 6.61 Å². The Kier molecular flexibility index (Phi) is 7.37. The molecule has 3 heteroatoms. The average molecular weight is 250 g/mol. The Morgan fingerprint density at radius 2 is 2.00 bits per heavy atom. The first-order valence-electron chi connectivity index (χ1n) is 5.77. The number of rotatable bonds is 6. The molecule has 17 heavy (non-hydrogen) atoms. The molecule has 0 heterocycles. The van der Waals surface area contributed by atoms with Gasteiger partial charge in [0.15, 0.2) is 0 Å². The first kappa shape index (κ1) is 14.0. The number of thioether (sulfide) groups is 1. The molecule has 0 radical (unpaired) electrons. The van der Waals surface area contributed by atoms with Gasteiger partial charge in [0.1, 0.15) is 12.4 Å². The van der Waals surface area contributed by atoms with E-state index in [1.54, 1.807) is 0 Å². The molecule has 1 N–H and O–H groups in total. The Hall–Kier alpha value is -1.11. The number of aliphatic hydroxyl groups is 1. The Labute approximate surface area is 107 Å². The van der Waals surface area contributed by atoms with Crippen LogP contribution in [0.1, 0.15) is 18.9 Å². The van der Waals surface area contributed by atoms with Crippen LogP contribution in [0.3, 0.4) is 0 Å². The van der Waals surface area contributed by atoms with Crippen LogP contribution >= 0.6 is 11.8 Å². The van der Waals surface area contributed by atoms with E-state index in [9.17, 15) is 0 Å². The van der Waals surface area contributed by atoms with Crippen molar-refractivity contribution in [3.8, 4) is 17.6 Å². The molecular formula is C14H18O2S. The highest BCUT2D eigenvalue weighted by molar-refractivity contribution is 7.99. The molecule has 0 amide bonds. The van der Waals surface area contributed by atoms with Crippen molar-refractivity contribution >= 4 is 11.8 Å². The summed E-state index contributed by atoms with van der Waals surface area (Å²) in [5.41, 5.74) is 0.895. The molecule has 0 spiro atoms. The second-order valence-corrected chi connectivity index (χ2v) is 4.67. The van der Waals surface area contributed by atoms with E-state index in [0.717, 1.165) is 23.7 Å². The van der Waals surface area contributed by atoms with Crippen molar-refractivity contribution in [3.05, 3.63) is 29.8 Å². The summed E-state index contributed by atoms with van der Waals surface area (Å²) in [6, 6.07) is 7.62. The van der Waals surface area contributed by atoms with Crippen LogP contribution in [0.5, 0.6) is 5.75 Å². The van der Waals surface area contributed by atoms with Crippen LogP contribution in [0.4, 0.5) is 0 Å². The largest absolute Gasteiger partial charge is 0.493 e. The fourth-order valence-corrected chi connectivity index (χ4v) is 1.93. The minimum Gasteiger partial charge on any atom is -0.493 e. The maximum atomic E-state index is 8.57. The van der Waals surface area contributed by atoms with E-state index >= 15 is 0 Å². The van der Waals surface area contributed by atoms with Crippen molar-refractivity contribution in [2.24, 2.45) is 0 Å². The molecule has 1 rings (SSSR count). The zero-order valence-corrected chi connectivity index (χ0v) is 10.9. The lowest BCUT2D eigenvalue weighted by Gasteiger charge is -2.05. The summed E-state index contributed by atoms with van der Waals surface area (Å²) in [4.78, 5) is 0. The normalized spacial score (nSPS) is 9.53.